The topological polar surface area (TPSA) is 66.8 Å². The average Bonchev–Trinajstić information content (AvgIpc) is 2.37. The van der Waals surface area contributed by atoms with Gasteiger partial charge in [-0.05, 0) is 18.6 Å². The summed E-state index contributed by atoms with van der Waals surface area (Å²) in [7, 11) is 0. The molecule has 0 spiro atoms. The first-order valence-electron chi connectivity index (χ1n) is 6.84. The normalized spacial score (nSPS) is 10.4. The van der Waals surface area contributed by atoms with Crippen LogP contribution in [0.15, 0.2) is 18.2 Å². The third-order valence-corrected chi connectivity index (χ3v) is 2.93. The fourth-order valence-corrected chi connectivity index (χ4v) is 1.82. The number of unbranched alkanes of at least 4 members (excludes halogenated alkanes) is 5. The number of carbonyl (C=O) groups excluding carboxylic acids is 1. The molecule has 0 heterocycles. The molecule has 0 aliphatic carbocycles. The summed E-state index contributed by atoms with van der Waals surface area (Å²) >= 11 is 0. The molecule has 19 heavy (non-hydrogen) atoms. The van der Waals surface area contributed by atoms with E-state index in [4.69, 9.17) is 9.84 Å². The van der Waals surface area contributed by atoms with Crippen molar-refractivity contribution in [3.63, 3.8) is 0 Å². The summed E-state index contributed by atoms with van der Waals surface area (Å²) in [6.45, 7) is 2.54. The highest BCUT2D eigenvalue weighted by Gasteiger charge is 2.12. The number of ether oxygens (including phenoxy) is 1. The van der Waals surface area contributed by atoms with Gasteiger partial charge in [0.15, 0.2) is 0 Å². The maximum atomic E-state index is 11.6. The van der Waals surface area contributed by atoms with E-state index >= 15 is 0 Å². The van der Waals surface area contributed by atoms with Crippen molar-refractivity contribution in [1.82, 2.24) is 0 Å². The number of esters is 1. The number of phenolic OH excluding ortho intramolecular Hbond substituents is 2. The van der Waals surface area contributed by atoms with Crippen LogP contribution >= 0.6 is 0 Å². The minimum Gasteiger partial charge on any atom is -0.508 e. The van der Waals surface area contributed by atoms with E-state index in [1.807, 2.05) is 0 Å². The predicted molar refractivity (Wildman–Crippen MR) is 73.4 cm³/mol. The van der Waals surface area contributed by atoms with E-state index in [9.17, 15) is 9.90 Å². The lowest BCUT2D eigenvalue weighted by Crippen LogP contribution is -2.06. The monoisotopic (exact) mass is 266 g/mol. The zero-order valence-corrected chi connectivity index (χ0v) is 11.4. The van der Waals surface area contributed by atoms with Crippen LogP contribution in [0.25, 0.3) is 0 Å². The second-order valence-electron chi connectivity index (χ2n) is 4.61. The van der Waals surface area contributed by atoms with E-state index < -0.39 is 5.97 Å². The van der Waals surface area contributed by atoms with Crippen LogP contribution in [-0.2, 0) is 4.74 Å². The summed E-state index contributed by atoms with van der Waals surface area (Å²) < 4.78 is 5.07. The van der Waals surface area contributed by atoms with Gasteiger partial charge in [0.1, 0.15) is 17.1 Å². The quantitative estimate of drug-likeness (QED) is 0.557. The molecule has 0 fully saturated rings. The summed E-state index contributed by atoms with van der Waals surface area (Å²) in [5.41, 5.74) is 0.0868. The van der Waals surface area contributed by atoms with E-state index in [0.29, 0.717) is 6.61 Å². The van der Waals surface area contributed by atoms with Gasteiger partial charge in [-0.3, -0.25) is 0 Å². The molecule has 0 radical (unpaired) electrons. The summed E-state index contributed by atoms with van der Waals surface area (Å²) in [6.07, 6.45) is 6.75. The molecule has 0 saturated carbocycles. The summed E-state index contributed by atoms with van der Waals surface area (Å²) in [5, 5.41) is 18.6. The van der Waals surface area contributed by atoms with Gasteiger partial charge in [0.05, 0.1) is 6.61 Å². The van der Waals surface area contributed by atoms with Crippen LogP contribution in [0.2, 0.25) is 0 Å². The number of phenols is 2. The Morgan fingerprint density at radius 3 is 2.47 bits per heavy atom. The second kappa shape index (κ2) is 8.40. The summed E-state index contributed by atoms with van der Waals surface area (Å²) in [4.78, 5) is 11.6. The number of aromatic hydroxyl groups is 2. The van der Waals surface area contributed by atoms with Crippen molar-refractivity contribution in [3.05, 3.63) is 23.8 Å². The first-order valence-corrected chi connectivity index (χ1v) is 6.84. The van der Waals surface area contributed by atoms with E-state index in [0.717, 1.165) is 25.3 Å². The number of benzene rings is 1. The molecule has 2 N–H and O–H groups in total. The second-order valence-corrected chi connectivity index (χ2v) is 4.61. The molecule has 0 saturated heterocycles. The fraction of sp³-hybridized carbons (Fsp3) is 0.533. The molecule has 1 aromatic carbocycles. The van der Waals surface area contributed by atoms with E-state index in [1.54, 1.807) is 0 Å². The van der Waals surface area contributed by atoms with E-state index in [-0.39, 0.29) is 17.1 Å². The Kier molecular flexibility index (Phi) is 6.79. The molecule has 0 aromatic heterocycles. The fourth-order valence-electron chi connectivity index (χ4n) is 1.82. The van der Waals surface area contributed by atoms with Crippen molar-refractivity contribution in [2.24, 2.45) is 0 Å². The SMILES string of the molecule is CCCCCCCCOC(=O)c1ccc(O)cc1O. The Bertz CT molecular complexity index is 401. The molecular weight excluding hydrogens is 244 g/mol. The third-order valence-electron chi connectivity index (χ3n) is 2.93. The zero-order valence-electron chi connectivity index (χ0n) is 11.4. The van der Waals surface area contributed by atoms with Crippen molar-refractivity contribution in [2.75, 3.05) is 6.61 Å². The van der Waals surface area contributed by atoms with Crippen molar-refractivity contribution in [2.45, 2.75) is 45.4 Å². The summed E-state index contributed by atoms with van der Waals surface area (Å²) in [6, 6.07) is 3.83. The number of rotatable bonds is 8. The Morgan fingerprint density at radius 2 is 1.79 bits per heavy atom. The molecule has 0 bridgehead atoms. The van der Waals surface area contributed by atoms with Crippen molar-refractivity contribution >= 4 is 5.97 Å². The van der Waals surface area contributed by atoms with E-state index in [2.05, 4.69) is 6.92 Å². The number of hydrogen-bond acceptors (Lipinski definition) is 4. The zero-order chi connectivity index (χ0) is 14.1. The minimum absolute atomic E-state index is 0.0787. The highest BCUT2D eigenvalue weighted by atomic mass is 16.5. The van der Waals surface area contributed by atoms with Gasteiger partial charge in [-0.15, -0.1) is 0 Å². The van der Waals surface area contributed by atoms with Crippen molar-refractivity contribution < 1.29 is 19.7 Å². The Hall–Kier alpha value is -1.71. The van der Waals surface area contributed by atoms with Gasteiger partial charge in [0, 0.05) is 6.07 Å². The molecule has 106 valence electrons. The van der Waals surface area contributed by atoms with Crippen molar-refractivity contribution in [1.29, 1.82) is 0 Å². The number of hydrogen-bond donors (Lipinski definition) is 2. The minimum atomic E-state index is -0.550. The lowest BCUT2D eigenvalue weighted by Gasteiger charge is -2.06. The maximum Gasteiger partial charge on any atom is 0.341 e. The molecule has 0 aliphatic heterocycles. The molecule has 4 heteroatoms. The van der Waals surface area contributed by atoms with Crippen LogP contribution < -0.4 is 0 Å². The Morgan fingerprint density at radius 1 is 1.11 bits per heavy atom. The molecule has 0 atom stereocenters. The smallest absolute Gasteiger partial charge is 0.341 e. The molecule has 4 nitrogen and oxygen atoms in total. The highest BCUT2D eigenvalue weighted by Crippen LogP contribution is 2.23. The molecule has 1 rings (SSSR count). The first kappa shape index (κ1) is 15.3. The molecule has 0 unspecified atom stereocenters. The standard InChI is InChI=1S/C15H22O4/c1-2-3-4-5-6-7-10-19-15(18)13-9-8-12(16)11-14(13)17/h8-9,11,16-17H,2-7,10H2,1H3. The third kappa shape index (κ3) is 5.64. The van der Waals surface area contributed by atoms with Crippen LogP contribution in [0, 0.1) is 0 Å². The molecule has 0 aliphatic rings. The average molecular weight is 266 g/mol. The molecule has 0 amide bonds. The van der Waals surface area contributed by atoms with Gasteiger partial charge in [0.2, 0.25) is 0 Å². The van der Waals surface area contributed by atoms with Gasteiger partial charge in [-0.25, -0.2) is 4.79 Å². The Balaban J connectivity index is 2.24. The van der Waals surface area contributed by atoms with Crippen molar-refractivity contribution in [3.8, 4) is 11.5 Å². The van der Waals surface area contributed by atoms with Gasteiger partial charge in [-0.1, -0.05) is 39.0 Å². The van der Waals surface area contributed by atoms with Gasteiger partial charge in [0.25, 0.3) is 0 Å². The largest absolute Gasteiger partial charge is 0.508 e. The van der Waals surface area contributed by atoms with Crippen LogP contribution in [0.4, 0.5) is 0 Å². The van der Waals surface area contributed by atoms with Gasteiger partial charge < -0.3 is 14.9 Å². The van der Waals surface area contributed by atoms with Crippen LogP contribution in [0.1, 0.15) is 55.8 Å². The maximum absolute atomic E-state index is 11.6. The van der Waals surface area contributed by atoms with Crippen LogP contribution in [0.5, 0.6) is 11.5 Å². The first-order chi connectivity index (χ1) is 9.15. The highest BCUT2D eigenvalue weighted by molar-refractivity contribution is 5.92. The number of carbonyl (C=O) groups is 1. The van der Waals surface area contributed by atoms with Gasteiger partial charge in [-0.2, -0.15) is 0 Å². The van der Waals surface area contributed by atoms with Gasteiger partial charge >= 0.3 is 5.97 Å². The van der Waals surface area contributed by atoms with E-state index in [1.165, 1.54) is 31.4 Å². The lowest BCUT2D eigenvalue weighted by atomic mass is 10.1. The Labute approximate surface area is 114 Å². The summed E-state index contributed by atoms with van der Waals surface area (Å²) in [5.74, 6) is -0.885. The lowest BCUT2D eigenvalue weighted by molar-refractivity contribution is 0.0494. The molecular formula is C15H22O4. The van der Waals surface area contributed by atoms with Crippen LogP contribution in [-0.4, -0.2) is 22.8 Å². The predicted octanol–water partition coefficient (Wildman–Crippen LogP) is 3.62. The molecule has 1 aromatic rings. The van der Waals surface area contributed by atoms with Crippen LogP contribution in [0.3, 0.4) is 0 Å².